The number of rotatable bonds is 18. The molecule has 0 bridgehead atoms. The van der Waals surface area contributed by atoms with E-state index in [0.717, 1.165) is 128 Å². The average Bonchev–Trinajstić information content (AvgIpc) is 0.889. The second kappa shape index (κ2) is 82.9. The summed E-state index contributed by atoms with van der Waals surface area (Å²) in [4.78, 5) is 0. The largest absolute Gasteiger partial charge is 0.381 e. The lowest BCUT2D eigenvalue weighted by Gasteiger charge is -2.45. The minimum Gasteiger partial charge on any atom is -0.381 e. The molecule has 126 heavy (non-hydrogen) atoms. The molecular weight excluding hydrogens is 1590 g/mol. The molecule has 9 aliphatic rings. The molecule has 774 valence electrons. The predicted molar refractivity (Wildman–Crippen MR) is 598 cm³/mol. The molecule has 0 atom stereocenters. The van der Waals surface area contributed by atoms with Crippen LogP contribution < -0.4 is 10.6 Å². The molecule has 0 radical (unpaired) electrons. The monoisotopic (exact) mass is 1850 g/mol. The molecule has 0 unspecified atom stereocenters. The first kappa shape index (κ1) is 145. The van der Waals surface area contributed by atoms with E-state index in [2.05, 4.69) is 295 Å². The Bertz CT molecular complexity index is 1590. The van der Waals surface area contributed by atoms with Gasteiger partial charge in [-0.15, -0.1) is 0 Å². The van der Waals surface area contributed by atoms with Crippen LogP contribution in [0.1, 0.15) is 528 Å². The predicted octanol–water partition coefficient (Wildman–Crippen LogP) is 40.0. The van der Waals surface area contributed by atoms with Crippen LogP contribution in [0, 0.1) is 139 Å². The molecule has 8 heteroatoms. The van der Waals surface area contributed by atoms with E-state index >= 15 is 0 Å². The molecule has 0 aromatic heterocycles. The highest BCUT2D eigenvalue weighted by Gasteiger charge is 2.46. The van der Waals surface area contributed by atoms with E-state index in [1.165, 1.54) is 202 Å². The summed E-state index contributed by atoms with van der Waals surface area (Å²) >= 11 is 6.52. The van der Waals surface area contributed by atoms with Crippen molar-refractivity contribution in [3.8, 4) is 0 Å². The normalized spacial score (nSPS) is 20.6. The van der Waals surface area contributed by atoms with Crippen LogP contribution >= 0.6 is 35.3 Å². The van der Waals surface area contributed by atoms with Gasteiger partial charge in [-0.1, -0.05) is 406 Å². The fourth-order valence-electron chi connectivity index (χ4n) is 23.0. The molecule has 0 aromatic carbocycles. The summed E-state index contributed by atoms with van der Waals surface area (Å²) in [5, 5.41) is 7.27. The van der Waals surface area contributed by atoms with Gasteiger partial charge in [-0.25, -0.2) is 0 Å². The van der Waals surface area contributed by atoms with Crippen LogP contribution in [0.15, 0.2) is 0 Å². The molecule has 2 N–H and O–H groups in total. The summed E-state index contributed by atoms with van der Waals surface area (Å²) in [6.45, 7) is 130. The molecule has 1 saturated carbocycles. The van der Waals surface area contributed by atoms with Crippen molar-refractivity contribution in [1.82, 2.24) is 10.6 Å². The number of thioether (sulfide) groups is 3. The van der Waals surface area contributed by atoms with Gasteiger partial charge in [0.05, 0.1) is 12.2 Å². The standard InChI is InChI=1S/C12H24.2C11H23N.3C11H22O.3C11H22S.9C2H6/c1-10(2)12(11(3)4)8-6-5-7-9-12;1-9(2)11(10(3)4)6-5-7-12-8-11;1-9(2)11(10(3)4)7-5-6-8-12-11;1-9(2)11(10(3)4)5-7-12-8-6-11;1-9(2)11(10(3)4)6-5-7-12-8-11;1-9(2)11(10(3)4)7-5-6-8-12-11;1-9(2)11(10(3)4)5-7-12-8-6-11;1-9(2)11(10(3)4)6-5-7-12-8-11;1-9(2)11(10(3)4)7-5-6-8-12-11;9*1-2/h10-11H,5-9H2,1-4H3;2*9-10,12H,5-8H2,1-4H3;6*9-10H,5-8H2,1-4H3;9*1-2H3. The number of hydrogen-bond donors (Lipinski definition) is 2. The Hall–Kier alpha value is 0.850. The van der Waals surface area contributed by atoms with Gasteiger partial charge >= 0.3 is 0 Å². The maximum atomic E-state index is 5.99. The van der Waals surface area contributed by atoms with Gasteiger partial charge in [0.2, 0.25) is 0 Å². The van der Waals surface area contributed by atoms with Crippen LogP contribution in [0.25, 0.3) is 0 Å². The first-order chi connectivity index (χ1) is 59.3. The highest BCUT2D eigenvalue weighted by Crippen LogP contribution is 2.52. The fourth-order valence-corrected chi connectivity index (χ4v) is 27.7. The van der Waals surface area contributed by atoms with Gasteiger partial charge in [-0.05, 0) is 303 Å². The van der Waals surface area contributed by atoms with Gasteiger partial charge in [0.15, 0.2) is 0 Å². The van der Waals surface area contributed by atoms with Gasteiger partial charge in [-0.2, -0.15) is 35.3 Å². The van der Waals surface area contributed by atoms with E-state index in [4.69, 9.17) is 14.2 Å². The van der Waals surface area contributed by atoms with Crippen LogP contribution in [0.3, 0.4) is 0 Å². The molecule has 0 amide bonds. The highest BCUT2D eigenvalue weighted by atomic mass is 32.2. The quantitative estimate of drug-likeness (QED) is 0.141. The number of nitrogens with one attached hydrogen (secondary N) is 2. The van der Waals surface area contributed by atoms with Crippen LogP contribution in [0.4, 0.5) is 0 Å². The Morgan fingerprint density at radius 1 is 0.222 bits per heavy atom. The van der Waals surface area contributed by atoms with Crippen molar-refractivity contribution < 1.29 is 14.2 Å². The van der Waals surface area contributed by atoms with Gasteiger partial charge in [0.1, 0.15) is 0 Å². The fraction of sp³-hybridized carbons (Fsp3) is 1.00. The minimum atomic E-state index is 0.179. The van der Waals surface area contributed by atoms with Crippen molar-refractivity contribution in [3.05, 3.63) is 0 Å². The van der Waals surface area contributed by atoms with Crippen LogP contribution in [0.5, 0.6) is 0 Å². The highest BCUT2D eigenvalue weighted by molar-refractivity contribution is 8.00. The lowest BCUT2D eigenvalue weighted by atomic mass is 9.61. The number of hydrogen-bond acceptors (Lipinski definition) is 8. The second-order valence-electron chi connectivity index (χ2n) is 42.5. The van der Waals surface area contributed by atoms with E-state index in [0.29, 0.717) is 54.6 Å². The molecule has 0 spiro atoms. The third-order valence-electron chi connectivity index (χ3n) is 32.6. The zero-order valence-corrected chi connectivity index (χ0v) is 101. The van der Waals surface area contributed by atoms with Crippen LogP contribution in [0.2, 0.25) is 0 Å². The molecule has 8 heterocycles. The van der Waals surface area contributed by atoms with E-state index in [9.17, 15) is 0 Å². The van der Waals surface area contributed by atoms with Gasteiger partial charge in [-0.3, -0.25) is 0 Å². The summed E-state index contributed by atoms with van der Waals surface area (Å²) in [6, 6.07) is 0. The summed E-state index contributed by atoms with van der Waals surface area (Å²) in [6.07, 6.45) is 33.3. The van der Waals surface area contributed by atoms with Crippen molar-refractivity contribution in [2.75, 3.05) is 81.4 Å². The molecule has 1 aliphatic carbocycles. The molecule has 9 fully saturated rings. The Morgan fingerprint density at radius 2 is 0.571 bits per heavy atom. The number of piperidine rings is 2. The van der Waals surface area contributed by atoms with E-state index < -0.39 is 0 Å². The lowest BCUT2D eigenvalue weighted by molar-refractivity contribution is -0.137. The molecule has 8 saturated heterocycles. The maximum Gasteiger partial charge on any atom is 0.0728 e. The Kier molecular flexibility index (Phi) is 95.1. The van der Waals surface area contributed by atoms with Gasteiger partial charge in [0, 0.05) is 43.3 Å². The summed E-state index contributed by atoms with van der Waals surface area (Å²) in [7, 11) is 0. The van der Waals surface area contributed by atoms with Crippen molar-refractivity contribution in [2.45, 2.75) is 544 Å². The lowest BCUT2D eigenvalue weighted by Crippen LogP contribution is -2.56. The summed E-state index contributed by atoms with van der Waals surface area (Å²) in [5.41, 5.74) is 4.16. The summed E-state index contributed by atoms with van der Waals surface area (Å²) < 4.78 is 17.6. The zero-order valence-electron chi connectivity index (χ0n) is 98.5. The Morgan fingerprint density at radius 3 is 0.786 bits per heavy atom. The van der Waals surface area contributed by atoms with Gasteiger partial charge in [0.25, 0.3) is 0 Å². The maximum absolute atomic E-state index is 5.99. The van der Waals surface area contributed by atoms with Crippen molar-refractivity contribution in [2.24, 2.45) is 139 Å². The van der Waals surface area contributed by atoms with Crippen LogP contribution in [-0.4, -0.2) is 97.3 Å². The van der Waals surface area contributed by atoms with Crippen molar-refractivity contribution in [1.29, 1.82) is 0 Å². The third-order valence-corrected chi connectivity index (χ3v) is 37.1. The average molecular weight is 1850 g/mol. The second-order valence-corrected chi connectivity index (χ2v) is 46.3. The van der Waals surface area contributed by atoms with E-state index in [1.54, 1.807) is 0 Å². The molecule has 8 aliphatic heterocycles. The Balaban J connectivity index is -0.000000170. The first-order valence-corrected chi connectivity index (χ1v) is 59.7. The third kappa shape index (κ3) is 48.4. The zero-order chi connectivity index (χ0) is 101. The van der Waals surface area contributed by atoms with Crippen LogP contribution in [-0.2, 0) is 14.2 Å². The van der Waals surface area contributed by atoms with Crippen molar-refractivity contribution in [3.63, 3.8) is 0 Å². The molecule has 0 aromatic rings. The smallest absolute Gasteiger partial charge is 0.0728 e. The Labute approximate surface area is 818 Å². The molecule has 9 rings (SSSR count). The topological polar surface area (TPSA) is 51.8 Å². The molecule has 5 nitrogen and oxygen atoms in total. The van der Waals surface area contributed by atoms with Gasteiger partial charge < -0.3 is 24.8 Å². The van der Waals surface area contributed by atoms with E-state index in [-0.39, 0.29) is 5.60 Å². The number of ether oxygens (including phenoxy) is 3. The van der Waals surface area contributed by atoms with E-state index in [1.807, 2.05) is 125 Å². The van der Waals surface area contributed by atoms with Crippen molar-refractivity contribution >= 4 is 35.3 Å². The minimum absolute atomic E-state index is 0.179. The SMILES string of the molecule is CC.CC.CC.CC.CC.CC.CC.CC.CC.CC(C)C1(C(C)C)CCCCC1.CC(C)C1(C(C)C)CCCCN1.CC(C)C1(C(C)C)CCCCO1.CC(C)C1(C(C)C)CCCCS1.CC(C)C1(C(C)C)CCCNC1.CC(C)C1(C(C)C)CCCOC1.CC(C)C1(C(C)C)CCCSC1.CC(C)C1(C(C)C)CCOCC1.CC(C)C1(C(C)C)CCSCC1. The molecular formula is C118H256N2O3S3. The summed E-state index contributed by atoms with van der Waals surface area (Å²) in [5.74, 6) is 21.3. The first-order valence-electron chi connectivity index (χ1n) is 56.4.